The number of nitrogens with zero attached hydrogens (tertiary/aromatic N) is 4. The normalized spacial score (nSPS) is 17.1. The van der Waals surface area contributed by atoms with E-state index in [1.165, 1.54) is 24.2 Å². The SMILES string of the molecule is Cc1nn(C(F)F)c(C)c1S(=O)(=O)N1CCN(Cc2cccc(C(F)(F)F)c2)CC1. The molecule has 0 N–H and O–H groups in total. The fraction of sp³-hybridized carbons (Fsp3) is 0.500. The summed E-state index contributed by atoms with van der Waals surface area (Å²) in [6.45, 7) is 0.745. The molecule has 1 aliphatic heterocycles. The number of rotatable bonds is 5. The highest BCUT2D eigenvalue weighted by Crippen LogP contribution is 2.30. The first-order valence-electron chi connectivity index (χ1n) is 9.13. The summed E-state index contributed by atoms with van der Waals surface area (Å²) in [5.74, 6) is 0. The first-order valence-corrected chi connectivity index (χ1v) is 10.6. The fourth-order valence-electron chi connectivity index (χ4n) is 3.57. The lowest BCUT2D eigenvalue weighted by molar-refractivity contribution is -0.137. The summed E-state index contributed by atoms with van der Waals surface area (Å²) >= 11 is 0. The number of hydrogen-bond acceptors (Lipinski definition) is 4. The van der Waals surface area contributed by atoms with Gasteiger partial charge in [-0.05, 0) is 25.5 Å². The predicted molar refractivity (Wildman–Crippen MR) is 98.4 cm³/mol. The third-order valence-electron chi connectivity index (χ3n) is 5.03. The molecule has 2 aromatic rings. The van der Waals surface area contributed by atoms with Crippen LogP contribution in [0.4, 0.5) is 22.0 Å². The van der Waals surface area contributed by atoms with Crippen LogP contribution in [0, 0.1) is 13.8 Å². The van der Waals surface area contributed by atoms with Gasteiger partial charge in [0.25, 0.3) is 0 Å². The van der Waals surface area contributed by atoms with Crippen molar-refractivity contribution in [2.24, 2.45) is 0 Å². The zero-order chi connectivity index (χ0) is 22.3. The zero-order valence-corrected chi connectivity index (χ0v) is 17.1. The molecule has 2 heterocycles. The fourth-order valence-corrected chi connectivity index (χ4v) is 5.36. The highest BCUT2D eigenvalue weighted by Gasteiger charge is 2.34. The molecule has 1 fully saturated rings. The minimum Gasteiger partial charge on any atom is -0.296 e. The Morgan fingerprint density at radius 2 is 1.73 bits per heavy atom. The van der Waals surface area contributed by atoms with Crippen LogP contribution >= 0.6 is 0 Å². The van der Waals surface area contributed by atoms with Crippen LogP contribution < -0.4 is 0 Å². The number of alkyl halides is 5. The molecule has 3 rings (SSSR count). The minimum atomic E-state index is -4.43. The Morgan fingerprint density at radius 3 is 2.27 bits per heavy atom. The lowest BCUT2D eigenvalue weighted by Crippen LogP contribution is -2.48. The highest BCUT2D eigenvalue weighted by atomic mass is 32.2. The smallest absolute Gasteiger partial charge is 0.296 e. The minimum absolute atomic E-state index is 0.000745. The van der Waals surface area contributed by atoms with E-state index in [9.17, 15) is 30.4 Å². The number of benzene rings is 1. The number of sulfonamides is 1. The molecule has 6 nitrogen and oxygen atoms in total. The van der Waals surface area contributed by atoms with Crippen molar-refractivity contribution in [3.05, 3.63) is 46.8 Å². The Hall–Kier alpha value is -2.05. The Kier molecular flexibility index (Phi) is 6.21. The van der Waals surface area contributed by atoms with Gasteiger partial charge in [-0.2, -0.15) is 31.4 Å². The molecule has 0 saturated carbocycles. The van der Waals surface area contributed by atoms with Gasteiger partial charge in [0.05, 0.1) is 17.0 Å². The summed E-state index contributed by atoms with van der Waals surface area (Å²) in [4.78, 5) is 1.62. The highest BCUT2D eigenvalue weighted by molar-refractivity contribution is 7.89. The Morgan fingerprint density at radius 1 is 1.10 bits per heavy atom. The van der Waals surface area contributed by atoms with E-state index in [-0.39, 0.29) is 35.9 Å². The second kappa shape index (κ2) is 8.23. The van der Waals surface area contributed by atoms with Gasteiger partial charge in [0.1, 0.15) is 4.90 Å². The number of aromatic nitrogens is 2. The van der Waals surface area contributed by atoms with Crippen LogP contribution in [0.1, 0.15) is 29.1 Å². The molecule has 1 aliphatic rings. The molecule has 0 radical (unpaired) electrons. The summed E-state index contributed by atoms with van der Waals surface area (Å²) in [5, 5.41) is 3.63. The van der Waals surface area contributed by atoms with E-state index >= 15 is 0 Å². The molecule has 0 unspecified atom stereocenters. The molecule has 0 atom stereocenters. The van der Waals surface area contributed by atoms with Gasteiger partial charge in [-0.3, -0.25) is 4.90 Å². The monoisotopic (exact) mass is 452 g/mol. The maximum Gasteiger partial charge on any atom is 0.416 e. The second-order valence-electron chi connectivity index (χ2n) is 7.10. The van der Waals surface area contributed by atoms with Gasteiger partial charge in [-0.1, -0.05) is 18.2 Å². The van der Waals surface area contributed by atoms with Crippen molar-refractivity contribution in [2.75, 3.05) is 26.2 Å². The van der Waals surface area contributed by atoms with E-state index in [0.717, 1.165) is 12.1 Å². The van der Waals surface area contributed by atoms with Crippen molar-refractivity contribution in [1.29, 1.82) is 0 Å². The van der Waals surface area contributed by atoms with Crippen LogP contribution in [-0.2, 0) is 22.7 Å². The number of piperazine rings is 1. The lowest BCUT2D eigenvalue weighted by Gasteiger charge is -2.34. The molecular formula is C18H21F5N4O2S. The number of aryl methyl sites for hydroxylation is 1. The molecule has 30 heavy (non-hydrogen) atoms. The van der Waals surface area contributed by atoms with Crippen LogP contribution in [-0.4, -0.2) is 53.6 Å². The molecule has 0 amide bonds. The van der Waals surface area contributed by atoms with E-state index in [2.05, 4.69) is 5.10 Å². The lowest BCUT2D eigenvalue weighted by atomic mass is 10.1. The molecule has 0 spiro atoms. The molecular weight excluding hydrogens is 431 g/mol. The third-order valence-corrected chi connectivity index (χ3v) is 7.18. The molecule has 1 aromatic carbocycles. The predicted octanol–water partition coefficient (Wildman–Crippen LogP) is 3.42. The van der Waals surface area contributed by atoms with Gasteiger partial charge in [-0.25, -0.2) is 13.1 Å². The van der Waals surface area contributed by atoms with Crippen molar-refractivity contribution in [2.45, 2.75) is 38.0 Å². The molecule has 0 aliphatic carbocycles. The van der Waals surface area contributed by atoms with Gasteiger partial charge in [0, 0.05) is 32.7 Å². The van der Waals surface area contributed by atoms with Gasteiger partial charge >= 0.3 is 12.7 Å². The Balaban J connectivity index is 1.70. The van der Waals surface area contributed by atoms with E-state index in [1.54, 1.807) is 6.07 Å². The topological polar surface area (TPSA) is 58.4 Å². The quantitative estimate of drug-likeness (QED) is 0.653. The Labute approximate surface area is 170 Å². The van der Waals surface area contributed by atoms with Crippen molar-refractivity contribution in [3.63, 3.8) is 0 Å². The number of halogens is 5. The van der Waals surface area contributed by atoms with Crippen LogP contribution in [0.2, 0.25) is 0 Å². The average Bonchev–Trinajstić information content (AvgIpc) is 2.97. The summed E-state index contributed by atoms with van der Waals surface area (Å²) in [6, 6.07) is 5.00. The van der Waals surface area contributed by atoms with Crippen LogP contribution in [0.3, 0.4) is 0 Å². The second-order valence-corrected chi connectivity index (χ2v) is 8.98. The third kappa shape index (κ3) is 4.49. The van der Waals surface area contributed by atoms with Crippen LogP contribution in [0.25, 0.3) is 0 Å². The van der Waals surface area contributed by atoms with Gasteiger partial charge in [0.15, 0.2) is 0 Å². The van der Waals surface area contributed by atoms with Crippen LogP contribution in [0.15, 0.2) is 29.2 Å². The maximum atomic E-state index is 13.0. The van der Waals surface area contributed by atoms with E-state index in [4.69, 9.17) is 0 Å². The number of hydrogen-bond donors (Lipinski definition) is 0. The standard InChI is InChI=1S/C18H21F5N4O2S/c1-12-16(13(2)27(24-12)17(19)20)30(28,29)26-8-6-25(7-9-26)11-14-4-3-5-15(10-14)18(21,22)23/h3-5,10,17H,6-9,11H2,1-2H3. The van der Waals surface area contributed by atoms with Gasteiger partial charge in [0.2, 0.25) is 10.0 Å². The first-order chi connectivity index (χ1) is 13.9. The van der Waals surface area contributed by atoms with E-state index in [1.807, 2.05) is 4.90 Å². The first kappa shape index (κ1) is 22.6. The molecule has 0 bridgehead atoms. The summed E-state index contributed by atoms with van der Waals surface area (Å²) in [7, 11) is -4.02. The van der Waals surface area contributed by atoms with Crippen molar-refractivity contribution >= 4 is 10.0 Å². The van der Waals surface area contributed by atoms with Crippen LogP contribution in [0.5, 0.6) is 0 Å². The van der Waals surface area contributed by atoms with Crippen molar-refractivity contribution < 1.29 is 30.4 Å². The Bertz CT molecular complexity index is 1010. The summed E-state index contributed by atoms with van der Waals surface area (Å²) in [6.07, 6.45) is -4.43. The molecule has 1 saturated heterocycles. The molecule has 12 heteroatoms. The van der Waals surface area contributed by atoms with E-state index in [0.29, 0.717) is 23.3 Å². The summed E-state index contributed by atoms with van der Waals surface area (Å²) < 4.78 is 92.2. The zero-order valence-electron chi connectivity index (χ0n) is 16.3. The van der Waals surface area contributed by atoms with Gasteiger partial charge < -0.3 is 0 Å². The molecule has 1 aromatic heterocycles. The average molecular weight is 452 g/mol. The summed E-state index contributed by atoms with van der Waals surface area (Å²) in [5.41, 5.74) is -0.387. The molecule has 166 valence electrons. The van der Waals surface area contributed by atoms with Crippen molar-refractivity contribution in [1.82, 2.24) is 19.0 Å². The maximum absolute atomic E-state index is 13.0. The van der Waals surface area contributed by atoms with Crippen molar-refractivity contribution in [3.8, 4) is 0 Å². The van der Waals surface area contributed by atoms with E-state index < -0.39 is 28.3 Å². The largest absolute Gasteiger partial charge is 0.416 e. The van der Waals surface area contributed by atoms with Gasteiger partial charge in [-0.15, -0.1) is 0 Å².